The molecule has 1 atom stereocenters. The van der Waals surface area contributed by atoms with Crippen molar-refractivity contribution in [1.82, 2.24) is 20.0 Å². The Morgan fingerprint density at radius 1 is 1.28 bits per heavy atom. The number of amides is 1. The summed E-state index contributed by atoms with van der Waals surface area (Å²) in [7, 11) is 0. The quantitative estimate of drug-likeness (QED) is 0.908. The Morgan fingerprint density at radius 3 is 2.96 bits per heavy atom. The lowest BCUT2D eigenvalue weighted by Gasteiger charge is -2.34. The van der Waals surface area contributed by atoms with Gasteiger partial charge in [-0.25, -0.2) is 0 Å². The summed E-state index contributed by atoms with van der Waals surface area (Å²) in [4.78, 5) is 17.3. The van der Waals surface area contributed by atoms with Crippen molar-refractivity contribution in [3.63, 3.8) is 0 Å². The van der Waals surface area contributed by atoms with Gasteiger partial charge in [0.25, 0.3) is 0 Å². The SMILES string of the molecule is O=C(C1=CCOCC1)N1CCCC(c2[nH]ncc2CN2CCCC2)C1. The molecule has 0 saturated carbocycles. The van der Waals surface area contributed by atoms with Gasteiger partial charge in [-0.1, -0.05) is 6.08 Å². The molecule has 1 aromatic rings. The van der Waals surface area contributed by atoms with Gasteiger partial charge >= 0.3 is 0 Å². The minimum atomic E-state index is 0.202. The molecule has 1 N–H and O–H groups in total. The molecule has 0 aromatic carbocycles. The monoisotopic (exact) mass is 344 g/mol. The first-order valence-corrected chi connectivity index (χ1v) is 9.62. The van der Waals surface area contributed by atoms with Crippen molar-refractivity contribution in [3.8, 4) is 0 Å². The molecule has 3 aliphatic heterocycles. The fraction of sp³-hybridized carbons (Fsp3) is 0.684. The zero-order chi connectivity index (χ0) is 17.1. The number of nitrogens with one attached hydrogen (secondary N) is 1. The van der Waals surface area contributed by atoms with Crippen molar-refractivity contribution in [1.29, 1.82) is 0 Å². The van der Waals surface area contributed by atoms with E-state index in [2.05, 4.69) is 15.1 Å². The number of hydrogen-bond acceptors (Lipinski definition) is 4. The summed E-state index contributed by atoms with van der Waals surface area (Å²) >= 11 is 0. The summed E-state index contributed by atoms with van der Waals surface area (Å²) in [5, 5.41) is 7.56. The van der Waals surface area contributed by atoms with Crippen LogP contribution in [0, 0.1) is 0 Å². The van der Waals surface area contributed by atoms with E-state index in [4.69, 9.17) is 4.74 Å². The van der Waals surface area contributed by atoms with Gasteiger partial charge < -0.3 is 9.64 Å². The lowest BCUT2D eigenvalue weighted by Crippen LogP contribution is -2.40. The fourth-order valence-corrected chi connectivity index (χ4v) is 4.30. The number of aromatic nitrogens is 2. The van der Waals surface area contributed by atoms with E-state index in [1.807, 2.05) is 17.2 Å². The van der Waals surface area contributed by atoms with E-state index in [0.29, 0.717) is 19.1 Å². The molecular weight excluding hydrogens is 316 g/mol. The van der Waals surface area contributed by atoms with Crippen molar-refractivity contribution in [2.24, 2.45) is 0 Å². The zero-order valence-electron chi connectivity index (χ0n) is 14.9. The van der Waals surface area contributed by atoms with Crippen LogP contribution in [-0.2, 0) is 16.1 Å². The number of aromatic amines is 1. The smallest absolute Gasteiger partial charge is 0.249 e. The van der Waals surface area contributed by atoms with Gasteiger partial charge in [0.2, 0.25) is 5.91 Å². The highest BCUT2D eigenvalue weighted by Crippen LogP contribution is 2.30. The molecule has 0 radical (unpaired) electrons. The number of carbonyl (C=O) groups excluding carboxylic acids is 1. The molecule has 1 unspecified atom stereocenters. The second-order valence-electron chi connectivity index (χ2n) is 7.44. The van der Waals surface area contributed by atoms with Gasteiger partial charge in [-0.05, 0) is 38.8 Å². The Kier molecular flexibility index (Phi) is 5.17. The molecule has 2 fully saturated rings. The predicted molar refractivity (Wildman–Crippen MR) is 95.2 cm³/mol. The molecule has 4 rings (SSSR count). The minimum absolute atomic E-state index is 0.202. The molecule has 0 aliphatic carbocycles. The highest BCUT2D eigenvalue weighted by molar-refractivity contribution is 5.93. The van der Waals surface area contributed by atoms with E-state index in [1.165, 1.54) is 37.2 Å². The van der Waals surface area contributed by atoms with E-state index in [0.717, 1.165) is 44.5 Å². The summed E-state index contributed by atoms with van der Waals surface area (Å²) in [6.07, 6.45) is 9.46. The molecule has 136 valence electrons. The van der Waals surface area contributed by atoms with E-state index in [1.54, 1.807) is 0 Å². The molecule has 25 heavy (non-hydrogen) atoms. The summed E-state index contributed by atoms with van der Waals surface area (Å²) in [6.45, 7) is 6.26. The maximum atomic E-state index is 12.8. The van der Waals surface area contributed by atoms with Crippen LogP contribution in [0.1, 0.15) is 49.3 Å². The van der Waals surface area contributed by atoms with E-state index in [-0.39, 0.29) is 5.91 Å². The Bertz CT molecular complexity index is 633. The molecular formula is C19H28N4O2. The highest BCUT2D eigenvalue weighted by atomic mass is 16.5. The molecule has 0 spiro atoms. The first-order valence-electron chi connectivity index (χ1n) is 9.62. The third-order valence-corrected chi connectivity index (χ3v) is 5.70. The number of H-pyrrole nitrogens is 1. The van der Waals surface area contributed by atoms with Gasteiger partial charge in [0.05, 0.1) is 19.4 Å². The molecule has 1 amide bonds. The van der Waals surface area contributed by atoms with Crippen molar-refractivity contribution >= 4 is 5.91 Å². The van der Waals surface area contributed by atoms with Crippen molar-refractivity contribution in [3.05, 3.63) is 29.1 Å². The van der Waals surface area contributed by atoms with Gasteiger partial charge in [-0.15, -0.1) is 0 Å². The van der Waals surface area contributed by atoms with Crippen LogP contribution in [0.2, 0.25) is 0 Å². The summed E-state index contributed by atoms with van der Waals surface area (Å²) in [5.74, 6) is 0.576. The summed E-state index contributed by atoms with van der Waals surface area (Å²) in [5.41, 5.74) is 3.48. The molecule has 3 aliphatic rings. The van der Waals surface area contributed by atoms with E-state index < -0.39 is 0 Å². The largest absolute Gasteiger partial charge is 0.377 e. The van der Waals surface area contributed by atoms with Crippen molar-refractivity contribution in [2.75, 3.05) is 39.4 Å². The molecule has 6 heteroatoms. The number of likely N-dealkylation sites (tertiary alicyclic amines) is 2. The number of piperidine rings is 1. The van der Waals surface area contributed by atoms with Crippen LogP contribution in [0.4, 0.5) is 0 Å². The van der Waals surface area contributed by atoms with E-state index in [9.17, 15) is 4.79 Å². The van der Waals surface area contributed by atoms with E-state index >= 15 is 0 Å². The van der Waals surface area contributed by atoms with Gasteiger partial charge in [0.1, 0.15) is 0 Å². The topological polar surface area (TPSA) is 61.5 Å². The Hall–Kier alpha value is -1.66. The van der Waals surface area contributed by atoms with Crippen molar-refractivity contribution in [2.45, 2.75) is 44.6 Å². The van der Waals surface area contributed by atoms with Gasteiger partial charge in [0, 0.05) is 48.8 Å². The standard InChI is InChI=1S/C19H28N4O2/c24-19(15-5-10-25-11-6-15)23-9-3-4-16(14-23)18-17(12-20-21-18)13-22-7-1-2-8-22/h5,12,16H,1-4,6-11,13-14H2,(H,20,21). The average Bonchev–Trinajstić information content (AvgIpc) is 3.34. The molecule has 0 bridgehead atoms. The average molecular weight is 344 g/mol. The maximum absolute atomic E-state index is 12.8. The van der Waals surface area contributed by atoms with Gasteiger partial charge in [-0.2, -0.15) is 5.10 Å². The predicted octanol–water partition coefficient (Wildman–Crippen LogP) is 2.06. The normalized spacial score (nSPS) is 25.2. The maximum Gasteiger partial charge on any atom is 0.249 e. The number of carbonyl (C=O) groups is 1. The number of hydrogen-bond donors (Lipinski definition) is 1. The second kappa shape index (κ2) is 7.70. The van der Waals surface area contributed by atoms with Crippen LogP contribution in [-0.4, -0.2) is 65.3 Å². The molecule has 1 aromatic heterocycles. The van der Waals surface area contributed by atoms with Crippen LogP contribution in [0.3, 0.4) is 0 Å². The van der Waals surface area contributed by atoms with Gasteiger partial charge in [0.15, 0.2) is 0 Å². The third-order valence-electron chi connectivity index (χ3n) is 5.70. The third kappa shape index (κ3) is 3.80. The molecule has 6 nitrogen and oxygen atoms in total. The van der Waals surface area contributed by atoms with Crippen LogP contribution >= 0.6 is 0 Å². The van der Waals surface area contributed by atoms with Crippen LogP contribution < -0.4 is 0 Å². The first kappa shape index (κ1) is 16.8. The highest BCUT2D eigenvalue weighted by Gasteiger charge is 2.29. The lowest BCUT2D eigenvalue weighted by molar-refractivity contribution is -0.128. The minimum Gasteiger partial charge on any atom is -0.377 e. The lowest BCUT2D eigenvalue weighted by atomic mass is 9.91. The van der Waals surface area contributed by atoms with Crippen LogP contribution in [0.25, 0.3) is 0 Å². The Morgan fingerprint density at radius 2 is 2.16 bits per heavy atom. The Balaban J connectivity index is 1.43. The molecule has 2 saturated heterocycles. The Labute approximate surface area is 149 Å². The van der Waals surface area contributed by atoms with Crippen molar-refractivity contribution < 1.29 is 9.53 Å². The van der Waals surface area contributed by atoms with Crippen LogP contribution in [0.15, 0.2) is 17.8 Å². The zero-order valence-corrected chi connectivity index (χ0v) is 14.9. The number of ether oxygens (including phenoxy) is 1. The fourth-order valence-electron chi connectivity index (χ4n) is 4.30. The second-order valence-corrected chi connectivity index (χ2v) is 7.44. The number of rotatable bonds is 4. The summed E-state index contributed by atoms with van der Waals surface area (Å²) < 4.78 is 5.33. The molecule has 4 heterocycles. The van der Waals surface area contributed by atoms with Gasteiger partial charge in [-0.3, -0.25) is 14.8 Å². The van der Waals surface area contributed by atoms with Crippen LogP contribution in [0.5, 0.6) is 0 Å². The first-order chi connectivity index (χ1) is 12.3. The number of nitrogens with zero attached hydrogens (tertiary/aromatic N) is 3. The summed E-state index contributed by atoms with van der Waals surface area (Å²) in [6, 6.07) is 0.